The molecule has 0 bridgehead atoms. The molecular formula is C10H11NO6. The molecule has 92 valence electrons. The van der Waals surface area contributed by atoms with Crippen molar-refractivity contribution in [1.29, 1.82) is 0 Å². The average molecular weight is 241 g/mol. The lowest BCUT2D eigenvalue weighted by Gasteiger charge is -2.06. The predicted molar refractivity (Wildman–Crippen MR) is 57.2 cm³/mol. The highest BCUT2D eigenvalue weighted by Gasteiger charge is 2.15. The van der Waals surface area contributed by atoms with Gasteiger partial charge in [-0.2, -0.15) is 0 Å². The molecule has 0 amide bonds. The number of carbonyl (C=O) groups is 1. The third kappa shape index (κ3) is 3.33. The summed E-state index contributed by atoms with van der Waals surface area (Å²) < 4.78 is 14.3. The molecule has 0 aliphatic carbocycles. The highest BCUT2D eigenvalue weighted by Crippen LogP contribution is 2.30. The van der Waals surface area contributed by atoms with Crippen molar-refractivity contribution in [2.75, 3.05) is 20.8 Å². The summed E-state index contributed by atoms with van der Waals surface area (Å²) in [7, 11) is 2.55. The molecule has 0 radical (unpaired) electrons. The number of ether oxygens (including phenoxy) is 3. The van der Waals surface area contributed by atoms with E-state index in [0.717, 1.165) is 0 Å². The van der Waals surface area contributed by atoms with E-state index in [1.807, 2.05) is 0 Å². The molecule has 1 aromatic rings. The first-order chi connectivity index (χ1) is 8.08. The van der Waals surface area contributed by atoms with Crippen LogP contribution in [0, 0.1) is 10.1 Å². The van der Waals surface area contributed by atoms with Crippen molar-refractivity contribution >= 4 is 11.7 Å². The van der Waals surface area contributed by atoms with Crippen LogP contribution >= 0.6 is 0 Å². The second-order valence-corrected chi connectivity index (χ2v) is 2.96. The standard InChI is InChI=1S/C10H11NO6/c1-15-9-5-7(17-6-10(12)16-2)3-4-8(9)11(13)14/h3-5H,6H2,1-2H3. The highest BCUT2D eigenvalue weighted by molar-refractivity contribution is 5.70. The van der Waals surface area contributed by atoms with Crippen LogP contribution in [0.5, 0.6) is 11.5 Å². The van der Waals surface area contributed by atoms with Gasteiger partial charge in [-0.25, -0.2) is 4.79 Å². The van der Waals surface area contributed by atoms with Gasteiger partial charge < -0.3 is 14.2 Å². The number of nitro benzene ring substituents is 1. The van der Waals surface area contributed by atoms with Crippen LogP contribution in [0.3, 0.4) is 0 Å². The quantitative estimate of drug-likeness (QED) is 0.436. The summed E-state index contributed by atoms with van der Waals surface area (Å²) in [5.74, 6) is -0.183. The Kier molecular flexibility index (Phi) is 4.27. The van der Waals surface area contributed by atoms with E-state index in [-0.39, 0.29) is 23.8 Å². The lowest BCUT2D eigenvalue weighted by Crippen LogP contribution is -2.12. The molecule has 0 atom stereocenters. The molecular weight excluding hydrogens is 230 g/mol. The Bertz CT molecular complexity index is 431. The predicted octanol–water partition coefficient (Wildman–Crippen LogP) is 1.16. The van der Waals surface area contributed by atoms with Crippen molar-refractivity contribution in [3.8, 4) is 11.5 Å². The Hall–Kier alpha value is -2.31. The monoisotopic (exact) mass is 241 g/mol. The van der Waals surface area contributed by atoms with Gasteiger partial charge in [-0.3, -0.25) is 10.1 Å². The first-order valence-corrected chi connectivity index (χ1v) is 4.60. The van der Waals surface area contributed by atoms with Crippen molar-refractivity contribution in [2.24, 2.45) is 0 Å². The fourth-order valence-electron chi connectivity index (χ4n) is 1.10. The smallest absolute Gasteiger partial charge is 0.343 e. The van der Waals surface area contributed by atoms with Gasteiger partial charge in [0.1, 0.15) is 5.75 Å². The summed E-state index contributed by atoms with van der Waals surface area (Å²) in [6.45, 7) is -0.266. The van der Waals surface area contributed by atoms with Crippen molar-refractivity contribution in [2.45, 2.75) is 0 Å². The number of methoxy groups -OCH3 is 2. The lowest BCUT2D eigenvalue weighted by molar-refractivity contribution is -0.385. The van der Waals surface area contributed by atoms with Gasteiger partial charge in [-0.15, -0.1) is 0 Å². The summed E-state index contributed by atoms with van der Waals surface area (Å²) in [4.78, 5) is 20.9. The summed E-state index contributed by atoms with van der Waals surface area (Å²) in [5, 5.41) is 10.6. The Morgan fingerprint density at radius 2 is 2.12 bits per heavy atom. The molecule has 0 unspecified atom stereocenters. The average Bonchev–Trinajstić information content (AvgIpc) is 2.35. The summed E-state index contributed by atoms with van der Waals surface area (Å²) in [6.07, 6.45) is 0. The number of rotatable bonds is 5. The Morgan fingerprint density at radius 1 is 1.41 bits per heavy atom. The van der Waals surface area contributed by atoms with Crippen LogP contribution < -0.4 is 9.47 Å². The molecule has 0 aromatic heterocycles. The molecule has 0 aliphatic heterocycles. The molecule has 7 nitrogen and oxygen atoms in total. The number of nitrogens with zero attached hydrogens (tertiary/aromatic N) is 1. The van der Waals surface area contributed by atoms with E-state index in [2.05, 4.69) is 4.74 Å². The third-order valence-electron chi connectivity index (χ3n) is 1.93. The zero-order chi connectivity index (χ0) is 12.8. The van der Waals surface area contributed by atoms with Gasteiger partial charge in [0.25, 0.3) is 0 Å². The van der Waals surface area contributed by atoms with Crippen LogP contribution in [-0.4, -0.2) is 31.7 Å². The van der Waals surface area contributed by atoms with Crippen molar-refractivity contribution in [3.63, 3.8) is 0 Å². The maximum absolute atomic E-state index is 10.8. The highest BCUT2D eigenvalue weighted by atomic mass is 16.6. The van der Waals surface area contributed by atoms with E-state index >= 15 is 0 Å². The van der Waals surface area contributed by atoms with Gasteiger partial charge in [-0.05, 0) is 6.07 Å². The number of esters is 1. The van der Waals surface area contributed by atoms with Crippen LogP contribution in [0.25, 0.3) is 0 Å². The fraction of sp³-hybridized carbons (Fsp3) is 0.300. The van der Waals surface area contributed by atoms with Crippen LogP contribution in [-0.2, 0) is 9.53 Å². The molecule has 7 heteroatoms. The van der Waals surface area contributed by atoms with Gasteiger partial charge >= 0.3 is 11.7 Å². The van der Waals surface area contributed by atoms with Gasteiger partial charge in [0.2, 0.25) is 5.75 Å². The van der Waals surface area contributed by atoms with E-state index in [1.54, 1.807) is 0 Å². The lowest BCUT2D eigenvalue weighted by atomic mass is 10.3. The zero-order valence-electron chi connectivity index (χ0n) is 9.34. The summed E-state index contributed by atoms with van der Waals surface area (Å²) >= 11 is 0. The first kappa shape index (κ1) is 12.8. The number of carbonyl (C=O) groups excluding carboxylic acids is 1. The molecule has 1 rings (SSSR count). The molecule has 0 heterocycles. The Labute approximate surface area is 97.0 Å². The summed E-state index contributed by atoms with van der Waals surface area (Å²) in [5.41, 5.74) is -0.169. The third-order valence-corrected chi connectivity index (χ3v) is 1.93. The SMILES string of the molecule is COC(=O)COc1ccc([N+](=O)[O-])c(OC)c1. The maximum Gasteiger partial charge on any atom is 0.343 e. The summed E-state index contributed by atoms with van der Waals surface area (Å²) in [6, 6.07) is 3.95. The minimum Gasteiger partial charge on any atom is -0.490 e. The Morgan fingerprint density at radius 3 is 2.65 bits per heavy atom. The van der Waals surface area contributed by atoms with Gasteiger partial charge in [-0.1, -0.05) is 0 Å². The van der Waals surface area contributed by atoms with E-state index < -0.39 is 10.9 Å². The van der Waals surface area contributed by atoms with Gasteiger partial charge in [0.05, 0.1) is 19.1 Å². The molecule has 0 N–H and O–H groups in total. The van der Waals surface area contributed by atoms with Crippen molar-refractivity contribution < 1.29 is 23.9 Å². The van der Waals surface area contributed by atoms with Gasteiger partial charge in [0, 0.05) is 12.1 Å². The van der Waals surface area contributed by atoms with E-state index in [0.29, 0.717) is 0 Å². The molecule has 0 saturated heterocycles. The van der Waals surface area contributed by atoms with Gasteiger partial charge in [0.15, 0.2) is 6.61 Å². The fourth-order valence-corrected chi connectivity index (χ4v) is 1.10. The van der Waals surface area contributed by atoms with Crippen molar-refractivity contribution in [3.05, 3.63) is 28.3 Å². The van der Waals surface area contributed by atoms with Crippen LogP contribution in [0.2, 0.25) is 0 Å². The van der Waals surface area contributed by atoms with E-state index in [9.17, 15) is 14.9 Å². The normalized spacial score (nSPS) is 9.53. The topological polar surface area (TPSA) is 87.9 Å². The molecule has 17 heavy (non-hydrogen) atoms. The number of hydrogen-bond donors (Lipinski definition) is 0. The second kappa shape index (κ2) is 5.69. The second-order valence-electron chi connectivity index (χ2n) is 2.96. The minimum absolute atomic E-state index is 0.0670. The largest absolute Gasteiger partial charge is 0.490 e. The minimum atomic E-state index is -0.567. The van der Waals surface area contributed by atoms with E-state index in [4.69, 9.17) is 9.47 Å². The Balaban J connectivity index is 2.82. The molecule has 0 spiro atoms. The van der Waals surface area contributed by atoms with Crippen LogP contribution in [0.15, 0.2) is 18.2 Å². The molecule has 0 aliphatic rings. The number of nitro groups is 1. The molecule has 1 aromatic carbocycles. The van der Waals surface area contributed by atoms with Crippen LogP contribution in [0.4, 0.5) is 5.69 Å². The first-order valence-electron chi connectivity index (χ1n) is 4.60. The van der Waals surface area contributed by atoms with Crippen LogP contribution in [0.1, 0.15) is 0 Å². The number of benzene rings is 1. The molecule has 0 fully saturated rings. The molecule has 0 saturated carbocycles. The van der Waals surface area contributed by atoms with E-state index in [1.165, 1.54) is 32.4 Å². The number of hydrogen-bond acceptors (Lipinski definition) is 6. The zero-order valence-corrected chi connectivity index (χ0v) is 9.34. The van der Waals surface area contributed by atoms with Crippen molar-refractivity contribution in [1.82, 2.24) is 0 Å². The maximum atomic E-state index is 10.8.